The number of rotatable bonds is 3. The summed E-state index contributed by atoms with van der Waals surface area (Å²) < 4.78 is 0. The zero-order valence-corrected chi connectivity index (χ0v) is 6.08. The first-order valence-corrected chi connectivity index (χ1v) is 3.46. The fraction of sp³-hybridized carbons (Fsp3) is 0.222. The molecule has 11 heavy (non-hydrogen) atoms. The number of hydrogen-bond acceptors (Lipinski definition) is 1. The van der Waals surface area contributed by atoms with Gasteiger partial charge in [-0.15, -0.1) is 0 Å². The summed E-state index contributed by atoms with van der Waals surface area (Å²) in [7, 11) is 0. The van der Waals surface area contributed by atoms with Crippen molar-refractivity contribution < 1.29 is 9.90 Å². The smallest absolute Gasteiger partial charge is 0.303 e. The molecular weight excluding hydrogens is 140 g/mol. The van der Waals surface area contributed by atoms with Gasteiger partial charge in [-0.3, -0.25) is 4.79 Å². The number of hydrogen-bond donors (Lipinski definition) is 1. The molecule has 0 aliphatic heterocycles. The van der Waals surface area contributed by atoms with Crippen LogP contribution in [-0.2, 0) is 11.2 Å². The molecular formula is C9H9O2. The topological polar surface area (TPSA) is 37.3 Å². The number of carboxylic acids is 1. The van der Waals surface area contributed by atoms with Crippen molar-refractivity contribution in [3.8, 4) is 0 Å². The highest BCUT2D eigenvalue weighted by atomic mass is 16.4. The van der Waals surface area contributed by atoms with E-state index < -0.39 is 5.97 Å². The minimum atomic E-state index is -0.756. The largest absolute Gasteiger partial charge is 0.481 e. The third kappa shape index (κ3) is 2.85. The van der Waals surface area contributed by atoms with Crippen LogP contribution in [0.3, 0.4) is 0 Å². The zero-order valence-electron chi connectivity index (χ0n) is 6.08. The van der Waals surface area contributed by atoms with E-state index in [1.54, 1.807) is 6.07 Å². The molecule has 1 rings (SSSR count). The second kappa shape index (κ2) is 3.76. The minimum Gasteiger partial charge on any atom is -0.481 e. The summed E-state index contributed by atoms with van der Waals surface area (Å²) in [5.41, 5.74) is 1.02. The number of aliphatic carboxylic acids is 1. The molecule has 1 radical (unpaired) electrons. The standard InChI is InChI=1S/C9H9O2/c10-9(11)7-6-8-4-2-1-3-5-8/h1-2,4-5H,6-7H2,(H,10,11). The van der Waals surface area contributed by atoms with Gasteiger partial charge < -0.3 is 5.11 Å². The molecule has 0 spiro atoms. The Balaban J connectivity index is 2.45. The molecule has 0 heterocycles. The molecule has 1 aromatic carbocycles. The maximum Gasteiger partial charge on any atom is 0.303 e. The third-order valence-corrected chi connectivity index (χ3v) is 1.40. The average Bonchev–Trinajstić information content (AvgIpc) is 2.03. The van der Waals surface area contributed by atoms with Gasteiger partial charge in [-0.2, -0.15) is 0 Å². The summed E-state index contributed by atoms with van der Waals surface area (Å²) in [6.07, 6.45) is 0.782. The van der Waals surface area contributed by atoms with Gasteiger partial charge in [0.15, 0.2) is 0 Å². The highest BCUT2D eigenvalue weighted by Gasteiger charge is 1.96. The van der Waals surface area contributed by atoms with Crippen LogP contribution in [0.4, 0.5) is 0 Å². The first-order chi connectivity index (χ1) is 5.29. The Kier molecular flexibility index (Phi) is 2.66. The van der Waals surface area contributed by atoms with Crippen LogP contribution in [0.2, 0.25) is 0 Å². The van der Waals surface area contributed by atoms with Crippen molar-refractivity contribution in [1.82, 2.24) is 0 Å². The van der Waals surface area contributed by atoms with Crippen molar-refractivity contribution >= 4 is 5.97 Å². The molecule has 2 heteroatoms. The SMILES string of the molecule is O=C(O)CCc1c[c]ccc1. The zero-order chi connectivity index (χ0) is 8.10. The second-order valence-corrected chi connectivity index (χ2v) is 2.31. The van der Waals surface area contributed by atoms with Crippen molar-refractivity contribution in [1.29, 1.82) is 0 Å². The Morgan fingerprint density at radius 1 is 1.64 bits per heavy atom. The van der Waals surface area contributed by atoms with Crippen LogP contribution >= 0.6 is 0 Å². The van der Waals surface area contributed by atoms with Crippen LogP contribution < -0.4 is 0 Å². The van der Waals surface area contributed by atoms with E-state index in [2.05, 4.69) is 6.07 Å². The molecule has 0 unspecified atom stereocenters. The fourth-order valence-corrected chi connectivity index (χ4v) is 0.837. The lowest BCUT2D eigenvalue weighted by Crippen LogP contribution is -1.96. The summed E-state index contributed by atoms with van der Waals surface area (Å²) in [6.45, 7) is 0. The van der Waals surface area contributed by atoms with E-state index >= 15 is 0 Å². The lowest BCUT2D eigenvalue weighted by atomic mass is 10.1. The molecule has 0 aliphatic rings. The van der Waals surface area contributed by atoms with Gasteiger partial charge >= 0.3 is 5.97 Å². The van der Waals surface area contributed by atoms with Crippen LogP contribution in [0.5, 0.6) is 0 Å². The molecule has 0 aliphatic carbocycles. The van der Waals surface area contributed by atoms with Crippen molar-refractivity contribution in [2.45, 2.75) is 12.8 Å². The summed E-state index contributed by atoms with van der Waals surface area (Å²) in [4.78, 5) is 10.2. The summed E-state index contributed by atoms with van der Waals surface area (Å²) in [6, 6.07) is 10.3. The first kappa shape index (κ1) is 7.79. The third-order valence-electron chi connectivity index (χ3n) is 1.40. The van der Waals surface area contributed by atoms with E-state index in [1.807, 2.05) is 18.2 Å². The number of benzene rings is 1. The van der Waals surface area contributed by atoms with Gasteiger partial charge in [0.05, 0.1) is 0 Å². The van der Waals surface area contributed by atoms with E-state index in [0.29, 0.717) is 6.42 Å². The highest BCUT2D eigenvalue weighted by molar-refractivity contribution is 5.67. The van der Waals surface area contributed by atoms with Crippen molar-refractivity contribution in [2.75, 3.05) is 0 Å². The van der Waals surface area contributed by atoms with Crippen molar-refractivity contribution in [3.05, 3.63) is 35.9 Å². The van der Waals surface area contributed by atoms with Crippen molar-refractivity contribution in [3.63, 3.8) is 0 Å². The molecule has 2 nitrogen and oxygen atoms in total. The van der Waals surface area contributed by atoms with Gasteiger partial charge in [0.1, 0.15) is 0 Å². The minimum absolute atomic E-state index is 0.192. The van der Waals surface area contributed by atoms with Crippen LogP contribution in [-0.4, -0.2) is 11.1 Å². The Bertz CT molecular complexity index is 229. The molecule has 0 saturated carbocycles. The molecule has 0 aromatic heterocycles. The summed E-state index contributed by atoms with van der Waals surface area (Å²) >= 11 is 0. The summed E-state index contributed by atoms with van der Waals surface area (Å²) in [5, 5.41) is 8.36. The second-order valence-electron chi connectivity index (χ2n) is 2.31. The fourth-order valence-electron chi connectivity index (χ4n) is 0.837. The number of carbonyl (C=O) groups is 1. The predicted molar refractivity (Wildman–Crippen MR) is 41.2 cm³/mol. The average molecular weight is 149 g/mol. The van der Waals surface area contributed by atoms with E-state index in [-0.39, 0.29) is 6.42 Å². The molecule has 1 aromatic rings. The molecule has 0 amide bonds. The van der Waals surface area contributed by atoms with Crippen LogP contribution in [0.25, 0.3) is 0 Å². The van der Waals surface area contributed by atoms with Gasteiger partial charge in [-0.25, -0.2) is 0 Å². The lowest BCUT2D eigenvalue weighted by molar-refractivity contribution is -0.136. The Labute approximate surface area is 65.5 Å². The lowest BCUT2D eigenvalue weighted by Gasteiger charge is -1.95. The van der Waals surface area contributed by atoms with Gasteiger partial charge in [-0.05, 0) is 18.1 Å². The molecule has 0 fully saturated rings. The van der Waals surface area contributed by atoms with Gasteiger partial charge in [-0.1, -0.05) is 24.3 Å². The summed E-state index contributed by atoms with van der Waals surface area (Å²) in [5.74, 6) is -0.756. The van der Waals surface area contributed by atoms with E-state index in [1.165, 1.54) is 0 Å². The molecule has 1 N–H and O–H groups in total. The number of aryl methyl sites for hydroxylation is 1. The Morgan fingerprint density at radius 3 is 3.00 bits per heavy atom. The Morgan fingerprint density at radius 2 is 2.45 bits per heavy atom. The van der Waals surface area contributed by atoms with Gasteiger partial charge in [0.2, 0.25) is 0 Å². The number of carboxylic acid groups (broad SMARTS) is 1. The van der Waals surface area contributed by atoms with Crippen LogP contribution in [0, 0.1) is 6.07 Å². The van der Waals surface area contributed by atoms with Crippen LogP contribution in [0.1, 0.15) is 12.0 Å². The van der Waals surface area contributed by atoms with Gasteiger partial charge in [0.25, 0.3) is 0 Å². The van der Waals surface area contributed by atoms with Crippen molar-refractivity contribution in [2.24, 2.45) is 0 Å². The van der Waals surface area contributed by atoms with E-state index in [9.17, 15) is 4.79 Å². The van der Waals surface area contributed by atoms with Crippen LogP contribution in [0.15, 0.2) is 24.3 Å². The first-order valence-electron chi connectivity index (χ1n) is 3.46. The predicted octanol–water partition coefficient (Wildman–Crippen LogP) is 1.50. The molecule has 57 valence electrons. The molecule has 0 saturated heterocycles. The molecule has 0 atom stereocenters. The van der Waals surface area contributed by atoms with Gasteiger partial charge in [0, 0.05) is 6.42 Å². The quantitative estimate of drug-likeness (QED) is 0.707. The Hall–Kier alpha value is -1.31. The van der Waals surface area contributed by atoms with E-state index in [4.69, 9.17) is 5.11 Å². The normalized spacial score (nSPS) is 9.45. The maximum absolute atomic E-state index is 10.2. The highest BCUT2D eigenvalue weighted by Crippen LogP contribution is 2.00. The van der Waals surface area contributed by atoms with E-state index in [0.717, 1.165) is 5.56 Å². The monoisotopic (exact) mass is 149 g/mol. The maximum atomic E-state index is 10.2. The molecule has 0 bridgehead atoms.